The third-order valence-corrected chi connectivity index (χ3v) is 7.62. The fourth-order valence-electron chi connectivity index (χ4n) is 5.65. The topological polar surface area (TPSA) is 165 Å². The second kappa shape index (κ2) is 11.1. The van der Waals surface area contributed by atoms with Crippen LogP contribution < -0.4 is 5.32 Å². The van der Waals surface area contributed by atoms with Crippen LogP contribution in [0.15, 0.2) is 22.9 Å². The SMILES string of the molecule is Cc1noc(C)c1-c1ccc2c(-c3nc(N[C@H]4C[C@@H](O)CN(C(=O)O)C4)ncc3C(F)(F)F)nn(C3CCCCO3)c2n1. The van der Waals surface area contributed by atoms with Crippen molar-refractivity contribution in [3.63, 3.8) is 0 Å². The summed E-state index contributed by atoms with van der Waals surface area (Å²) in [6.45, 7) is 3.93. The fourth-order valence-corrected chi connectivity index (χ4v) is 5.65. The first-order valence-corrected chi connectivity index (χ1v) is 13.8. The van der Waals surface area contributed by atoms with Crippen molar-refractivity contribution in [3.8, 4) is 22.6 Å². The molecule has 0 aliphatic carbocycles. The van der Waals surface area contributed by atoms with E-state index in [1.54, 1.807) is 26.0 Å². The van der Waals surface area contributed by atoms with Crippen LogP contribution in [0.4, 0.5) is 23.9 Å². The number of carbonyl (C=O) groups is 1. The number of ether oxygens (including phenoxy) is 1. The number of β-amino-alcohol motifs (C(OH)–C–C–N with tert-alkyl or cyclic N) is 1. The molecule has 43 heavy (non-hydrogen) atoms. The van der Waals surface area contributed by atoms with Gasteiger partial charge < -0.3 is 29.7 Å². The smallest absolute Gasteiger partial charge is 0.420 e. The molecule has 0 radical (unpaired) electrons. The zero-order chi connectivity index (χ0) is 30.5. The van der Waals surface area contributed by atoms with Gasteiger partial charge in [0.05, 0.1) is 29.6 Å². The van der Waals surface area contributed by atoms with Gasteiger partial charge in [0.2, 0.25) is 5.95 Å². The minimum Gasteiger partial charge on any atom is -0.465 e. The van der Waals surface area contributed by atoms with Crippen molar-refractivity contribution in [1.29, 1.82) is 0 Å². The van der Waals surface area contributed by atoms with Crippen LogP contribution >= 0.6 is 0 Å². The number of amides is 1. The van der Waals surface area contributed by atoms with Gasteiger partial charge >= 0.3 is 12.3 Å². The molecular formula is C27H29F3N8O5. The van der Waals surface area contributed by atoms with Crippen LogP contribution in [-0.2, 0) is 10.9 Å². The lowest BCUT2D eigenvalue weighted by atomic mass is 10.0. The summed E-state index contributed by atoms with van der Waals surface area (Å²) < 4.78 is 55.7. The number of pyridine rings is 1. The first-order valence-electron chi connectivity index (χ1n) is 13.8. The Hall–Kier alpha value is -4.31. The highest BCUT2D eigenvalue weighted by atomic mass is 19.4. The van der Waals surface area contributed by atoms with Crippen molar-refractivity contribution in [3.05, 3.63) is 35.3 Å². The number of hydrogen-bond donors (Lipinski definition) is 3. The molecule has 2 saturated heterocycles. The van der Waals surface area contributed by atoms with Gasteiger partial charge in [-0.2, -0.15) is 18.3 Å². The average Bonchev–Trinajstić information content (AvgIpc) is 3.51. The molecule has 13 nitrogen and oxygen atoms in total. The van der Waals surface area contributed by atoms with Gasteiger partial charge in [-0.15, -0.1) is 0 Å². The molecule has 228 valence electrons. The summed E-state index contributed by atoms with van der Waals surface area (Å²) in [6.07, 6.45) is -4.39. The number of halogens is 3. The van der Waals surface area contributed by atoms with E-state index in [4.69, 9.17) is 14.2 Å². The molecule has 0 spiro atoms. The first kappa shape index (κ1) is 28.8. The third kappa shape index (κ3) is 5.59. The van der Waals surface area contributed by atoms with Crippen molar-refractivity contribution in [1.82, 2.24) is 34.8 Å². The van der Waals surface area contributed by atoms with Crippen LogP contribution in [0.1, 0.15) is 48.9 Å². The lowest BCUT2D eigenvalue weighted by Gasteiger charge is -2.34. The van der Waals surface area contributed by atoms with E-state index in [1.807, 2.05) is 0 Å². The number of aliphatic hydroxyl groups is 1. The maximum absolute atomic E-state index is 14.3. The van der Waals surface area contributed by atoms with Gasteiger partial charge in [0, 0.05) is 30.8 Å². The molecule has 16 heteroatoms. The van der Waals surface area contributed by atoms with Crippen LogP contribution in [0, 0.1) is 13.8 Å². The normalized spacial score (nSPS) is 21.3. The quantitative estimate of drug-likeness (QED) is 0.296. The lowest BCUT2D eigenvalue weighted by Crippen LogP contribution is -2.50. The zero-order valence-electron chi connectivity index (χ0n) is 23.3. The molecule has 0 saturated carbocycles. The van der Waals surface area contributed by atoms with E-state index in [2.05, 4.69) is 25.5 Å². The Morgan fingerprint density at radius 2 is 1.95 bits per heavy atom. The van der Waals surface area contributed by atoms with Crippen molar-refractivity contribution in [2.45, 2.75) is 64.1 Å². The number of anilines is 1. The van der Waals surface area contributed by atoms with Gasteiger partial charge in [-0.1, -0.05) is 5.16 Å². The van der Waals surface area contributed by atoms with E-state index in [0.29, 0.717) is 53.0 Å². The minimum absolute atomic E-state index is 0.00289. The Bertz CT molecular complexity index is 1650. The largest absolute Gasteiger partial charge is 0.465 e. The van der Waals surface area contributed by atoms with Crippen molar-refractivity contribution in [2.24, 2.45) is 0 Å². The van der Waals surface area contributed by atoms with Gasteiger partial charge in [0.1, 0.15) is 22.7 Å². The van der Waals surface area contributed by atoms with Crippen molar-refractivity contribution in [2.75, 3.05) is 25.0 Å². The molecule has 4 aromatic rings. The number of nitrogens with one attached hydrogen (secondary N) is 1. The van der Waals surface area contributed by atoms with Gasteiger partial charge in [-0.25, -0.2) is 24.4 Å². The summed E-state index contributed by atoms with van der Waals surface area (Å²) in [5, 5.41) is 31.3. The van der Waals surface area contributed by atoms with E-state index in [1.165, 1.54) is 4.68 Å². The molecule has 2 aliphatic heterocycles. The lowest BCUT2D eigenvalue weighted by molar-refractivity contribution is -0.137. The van der Waals surface area contributed by atoms with Crippen LogP contribution in [0.5, 0.6) is 0 Å². The number of likely N-dealkylation sites (tertiary alicyclic amines) is 1. The second-order valence-corrected chi connectivity index (χ2v) is 10.8. The molecule has 1 unspecified atom stereocenters. The number of aliphatic hydroxyl groups excluding tert-OH is 1. The number of hydrogen-bond acceptors (Lipinski definition) is 10. The van der Waals surface area contributed by atoms with Crippen molar-refractivity contribution < 1.29 is 37.4 Å². The first-order chi connectivity index (χ1) is 20.5. The van der Waals surface area contributed by atoms with Crippen LogP contribution in [0.2, 0.25) is 0 Å². The minimum atomic E-state index is -4.81. The van der Waals surface area contributed by atoms with Crippen molar-refractivity contribution >= 4 is 23.1 Å². The molecule has 0 bridgehead atoms. The predicted octanol–water partition coefficient (Wildman–Crippen LogP) is 4.40. The highest BCUT2D eigenvalue weighted by Crippen LogP contribution is 2.40. The summed E-state index contributed by atoms with van der Waals surface area (Å²) in [6, 6.07) is 2.68. The Labute approximate surface area is 242 Å². The number of carboxylic acid groups (broad SMARTS) is 1. The number of piperidine rings is 1. The number of nitrogens with zero attached hydrogens (tertiary/aromatic N) is 7. The standard InChI is InChI=1S/C27H29F3N8O5/c1-13-21(14(2)43-36-13)19-7-6-17-22(35-38(24(17)33-19)20-5-3-4-8-42-20)23-18(27(28,29)30)10-31-25(34-23)32-15-9-16(39)12-37(11-15)26(40)41/h6-7,10,15-16,20,39H,3-5,8-9,11-12H2,1-2H3,(H,40,41)(H,31,32,34)/t15-,16+,20?/m0/s1. The number of aryl methyl sites for hydroxylation is 2. The monoisotopic (exact) mass is 602 g/mol. The Balaban J connectivity index is 1.48. The average molecular weight is 603 g/mol. The van der Waals surface area contributed by atoms with E-state index < -0.39 is 41.9 Å². The summed E-state index contributed by atoms with van der Waals surface area (Å²) in [5.41, 5.74) is 0.499. The zero-order valence-corrected chi connectivity index (χ0v) is 23.3. The summed E-state index contributed by atoms with van der Waals surface area (Å²) in [5.74, 6) is 0.383. The number of aromatic nitrogens is 6. The number of fused-ring (bicyclic) bond motifs is 1. The highest BCUT2D eigenvalue weighted by molar-refractivity contribution is 5.92. The Morgan fingerprint density at radius 1 is 1.14 bits per heavy atom. The van der Waals surface area contributed by atoms with Gasteiger partial charge in [0.15, 0.2) is 11.9 Å². The predicted molar refractivity (Wildman–Crippen MR) is 145 cm³/mol. The number of alkyl halides is 3. The molecule has 2 aliphatic rings. The molecule has 6 rings (SSSR count). The van der Waals surface area contributed by atoms with E-state index >= 15 is 0 Å². The number of rotatable bonds is 5. The molecule has 3 N–H and O–H groups in total. The van der Waals surface area contributed by atoms with Crippen LogP contribution in [0.3, 0.4) is 0 Å². The van der Waals surface area contributed by atoms with E-state index in [-0.39, 0.29) is 31.2 Å². The molecule has 2 fully saturated rings. The molecule has 0 aromatic carbocycles. The van der Waals surface area contributed by atoms with Gasteiger partial charge in [-0.05, 0) is 51.7 Å². The Morgan fingerprint density at radius 3 is 2.63 bits per heavy atom. The summed E-state index contributed by atoms with van der Waals surface area (Å²) in [4.78, 5) is 25.4. The molecule has 1 amide bonds. The maximum Gasteiger partial charge on any atom is 0.420 e. The fraction of sp³-hybridized carbons (Fsp3) is 0.481. The van der Waals surface area contributed by atoms with E-state index in [0.717, 1.165) is 17.7 Å². The maximum atomic E-state index is 14.3. The third-order valence-electron chi connectivity index (χ3n) is 7.62. The summed E-state index contributed by atoms with van der Waals surface area (Å²) in [7, 11) is 0. The molecule has 3 atom stereocenters. The molecule has 6 heterocycles. The molecule has 4 aromatic heterocycles. The van der Waals surface area contributed by atoms with Gasteiger partial charge in [0.25, 0.3) is 0 Å². The second-order valence-electron chi connectivity index (χ2n) is 10.8. The highest BCUT2D eigenvalue weighted by Gasteiger charge is 2.38. The van der Waals surface area contributed by atoms with E-state index in [9.17, 15) is 28.2 Å². The van der Waals surface area contributed by atoms with Gasteiger partial charge in [-0.3, -0.25) is 0 Å². The Kier molecular flexibility index (Phi) is 7.41. The van der Waals surface area contributed by atoms with Crippen LogP contribution in [0.25, 0.3) is 33.7 Å². The summed E-state index contributed by atoms with van der Waals surface area (Å²) >= 11 is 0. The van der Waals surface area contributed by atoms with Crippen LogP contribution in [-0.4, -0.2) is 82.9 Å². The molecular weight excluding hydrogens is 573 g/mol.